The third-order valence-corrected chi connectivity index (χ3v) is 3.26. The van der Waals surface area contributed by atoms with Crippen LogP contribution in [-0.2, 0) is 6.54 Å². The van der Waals surface area contributed by atoms with Gasteiger partial charge in [0.25, 0.3) is 5.56 Å². The van der Waals surface area contributed by atoms with E-state index in [1.807, 2.05) is 6.92 Å². The third kappa shape index (κ3) is 3.99. The molecule has 0 saturated heterocycles. The van der Waals surface area contributed by atoms with E-state index in [4.69, 9.17) is 18.0 Å². The van der Waals surface area contributed by atoms with Crippen molar-refractivity contribution < 1.29 is 0 Å². The second-order valence-electron chi connectivity index (χ2n) is 3.18. The Labute approximate surface area is 110 Å². The molecule has 1 heterocycles. The fourth-order valence-electron chi connectivity index (χ4n) is 1.20. The highest BCUT2D eigenvalue weighted by molar-refractivity contribution is 7.99. The lowest BCUT2D eigenvalue weighted by Gasteiger charge is -2.08. The Morgan fingerprint density at radius 1 is 1.71 bits per heavy atom. The Kier molecular flexibility index (Phi) is 5.95. The molecule has 0 spiro atoms. The molecule has 0 aliphatic heterocycles. The third-order valence-electron chi connectivity index (χ3n) is 2.03. The van der Waals surface area contributed by atoms with Crippen LogP contribution in [0.25, 0.3) is 0 Å². The van der Waals surface area contributed by atoms with Gasteiger partial charge >= 0.3 is 0 Å². The Hall–Kier alpha value is -1.12. The van der Waals surface area contributed by atoms with Gasteiger partial charge in [0, 0.05) is 18.8 Å². The van der Waals surface area contributed by atoms with Crippen LogP contribution in [0.3, 0.4) is 0 Å². The summed E-state index contributed by atoms with van der Waals surface area (Å²) in [6.45, 7) is 3.05. The molecule has 0 atom stereocenters. The second-order valence-corrected chi connectivity index (χ2v) is 4.66. The average molecular weight is 272 g/mol. The number of aryl methyl sites for hydroxylation is 1. The van der Waals surface area contributed by atoms with Crippen LogP contribution in [0.1, 0.15) is 6.92 Å². The second kappa shape index (κ2) is 7.25. The predicted molar refractivity (Wildman–Crippen MR) is 73.8 cm³/mol. The summed E-state index contributed by atoms with van der Waals surface area (Å²) in [4.78, 5) is 11.7. The highest BCUT2D eigenvalue weighted by Crippen LogP contribution is 2.15. The lowest BCUT2D eigenvalue weighted by atomic mass is 10.4. The Morgan fingerprint density at radius 2 is 2.47 bits per heavy atom. The van der Waals surface area contributed by atoms with Crippen molar-refractivity contribution in [2.75, 3.05) is 23.4 Å². The number of terminal acetylenes is 1. The van der Waals surface area contributed by atoms with Crippen molar-refractivity contribution in [1.82, 2.24) is 9.78 Å². The van der Waals surface area contributed by atoms with Gasteiger partial charge in [0.1, 0.15) is 5.02 Å². The van der Waals surface area contributed by atoms with Crippen LogP contribution in [-0.4, -0.2) is 27.8 Å². The van der Waals surface area contributed by atoms with Gasteiger partial charge in [0.15, 0.2) is 0 Å². The number of aromatic nitrogens is 2. The molecule has 0 unspecified atom stereocenters. The number of anilines is 1. The maximum absolute atomic E-state index is 11.7. The van der Waals surface area contributed by atoms with Crippen LogP contribution < -0.4 is 10.9 Å². The zero-order valence-corrected chi connectivity index (χ0v) is 11.1. The van der Waals surface area contributed by atoms with Gasteiger partial charge in [-0.25, -0.2) is 4.68 Å². The number of hydrogen-bond donors (Lipinski definition) is 1. The molecule has 0 bridgehead atoms. The fraction of sp³-hybridized carbons (Fsp3) is 0.455. The van der Waals surface area contributed by atoms with Gasteiger partial charge < -0.3 is 5.32 Å². The van der Waals surface area contributed by atoms with Crippen molar-refractivity contribution in [3.8, 4) is 12.3 Å². The molecule has 1 aromatic rings. The molecule has 0 aromatic carbocycles. The van der Waals surface area contributed by atoms with E-state index in [0.717, 1.165) is 5.75 Å². The highest BCUT2D eigenvalue weighted by atomic mass is 35.5. The predicted octanol–water partition coefficient (Wildman–Crippen LogP) is 1.69. The van der Waals surface area contributed by atoms with Gasteiger partial charge in [-0.05, 0) is 6.92 Å². The Balaban J connectivity index is 2.58. The standard InChI is InChI=1S/C11H14ClN3OS/c1-3-6-17-7-5-13-9-8-14-15(4-2)11(16)10(9)12/h1,8,13H,4-7H2,2H3. The van der Waals surface area contributed by atoms with Gasteiger partial charge in [0.2, 0.25) is 0 Å². The molecule has 6 heteroatoms. The van der Waals surface area contributed by atoms with Crippen LogP contribution in [0.5, 0.6) is 0 Å². The van der Waals surface area contributed by atoms with E-state index < -0.39 is 0 Å². The van der Waals surface area contributed by atoms with Crippen LogP contribution in [0.2, 0.25) is 5.02 Å². The summed E-state index contributed by atoms with van der Waals surface area (Å²) in [5.74, 6) is 4.09. The minimum Gasteiger partial charge on any atom is -0.382 e. The lowest BCUT2D eigenvalue weighted by molar-refractivity contribution is 0.616. The van der Waals surface area contributed by atoms with E-state index in [1.54, 1.807) is 18.0 Å². The van der Waals surface area contributed by atoms with E-state index in [9.17, 15) is 4.79 Å². The lowest BCUT2D eigenvalue weighted by Crippen LogP contribution is -2.23. The molecule has 1 N–H and O–H groups in total. The zero-order chi connectivity index (χ0) is 12.7. The van der Waals surface area contributed by atoms with Gasteiger partial charge in [-0.3, -0.25) is 4.79 Å². The molecule has 17 heavy (non-hydrogen) atoms. The van der Waals surface area contributed by atoms with Crippen molar-refractivity contribution >= 4 is 29.1 Å². The highest BCUT2D eigenvalue weighted by Gasteiger charge is 2.07. The molecular formula is C11H14ClN3OS. The molecule has 0 saturated carbocycles. The number of hydrogen-bond acceptors (Lipinski definition) is 4. The summed E-state index contributed by atoms with van der Waals surface area (Å²) < 4.78 is 1.32. The topological polar surface area (TPSA) is 46.9 Å². The first kappa shape index (κ1) is 13.9. The SMILES string of the molecule is C#CCSCCNc1cnn(CC)c(=O)c1Cl. The molecule has 1 aromatic heterocycles. The van der Waals surface area contributed by atoms with Gasteiger partial charge in [0.05, 0.1) is 17.6 Å². The first-order valence-electron chi connectivity index (χ1n) is 5.21. The van der Waals surface area contributed by atoms with Crippen LogP contribution in [0, 0.1) is 12.3 Å². The molecule has 0 radical (unpaired) electrons. The van der Waals surface area contributed by atoms with E-state index in [2.05, 4.69) is 16.3 Å². The summed E-state index contributed by atoms with van der Waals surface area (Å²) >= 11 is 7.59. The fourth-order valence-corrected chi connectivity index (χ4v) is 1.92. The molecule has 4 nitrogen and oxygen atoms in total. The van der Waals surface area contributed by atoms with Crippen molar-refractivity contribution in [2.45, 2.75) is 13.5 Å². The quantitative estimate of drug-likeness (QED) is 0.632. The van der Waals surface area contributed by atoms with Crippen LogP contribution >= 0.6 is 23.4 Å². The number of rotatable bonds is 6. The molecular weight excluding hydrogens is 258 g/mol. The first-order chi connectivity index (χ1) is 8.20. The van der Waals surface area contributed by atoms with E-state index >= 15 is 0 Å². The molecule has 0 fully saturated rings. The summed E-state index contributed by atoms with van der Waals surface area (Å²) in [7, 11) is 0. The summed E-state index contributed by atoms with van der Waals surface area (Å²) in [6, 6.07) is 0. The van der Waals surface area contributed by atoms with Crippen molar-refractivity contribution in [2.24, 2.45) is 0 Å². The largest absolute Gasteiger partial charge is 0.382 e. The maximum Gasteiger partial charge on any atom is 0.287 e. The smallest absolute Gasteiger partial charge is 0.287 e. The Bertz CT molecular complexity index is 467. The summed E-state index contributed by atoms with van der Waals surface area (Å²) in [6.07, 6.45) is 6.70. The number of nitrogens with zero attached hydrogens (tertiary/aromatic N) is 2. The van der Waals surface area contributed by atoms with Crippen LogP contribution in [0.15, 0.2) is 11.0 Å². The molecule has 0 aliphatic carbocycles. The van der Waals surface area contributed by atoms with Gasteiger partial charge in [-0.2, -0.15) is 5.10 Å². The van der Waals surface area contributed by atoms with Crippen molar-refractivity contribution in [3.05, 3.63) is 21.6 Å². The monoisotopic (exact) mass is 271 g/mol. The average Bonchev–Trinajstić information content (AvgIpc) is 2.34. The minimum atomic E-state index is -0.268. The zero-order valence-electron chi connectivity index (χ0n) is 9.57. The van der Waals surface area contributed by atoms with E-state index in [1.165, 1.54) is 4.68 Å². The van der Waals surface area contributed by atoms with E-state index in [-0.39, 0.29) is 10.6 Å². The van der Waals surface area contributed by atoms with Crippen molar-refractivity contribution in [1.29, 1.82) is 0 Å². The Morgan fingerprint density at radius 3 is 3.12 bits per heavy atom. The summed E-state index contributed by atoms with van der Waals surface area (Å²) in [5, 5.41) is 7.24. The minimum absolute atomic E-state index is 0.184. The van der Waals surface area contributed by atoms with Gasteiger partial charge in [-0.1, -0.05) is 17.5 Å². The molecule has 92 valence electrons. The molecule has 0 amide bonds. The molecule has 1 rings (SSSR count). The van der Waals surface area contributed by atoms with Crippen molar-refractivity contribution in [3.63, 3.8) is 0 Å². The normalized spacial score (nSPS) is 9.94. The molecule has 0 aliphatic rings. The van der Waals surface area contributed by atoms with Gasteiger partial charge in [-0.15, -0.1) is 18.2 Å². The number of nitrogens with one attached hydrogen (secondary N) is 1. The number of halogens is 1. The first-order valence-corrected chi connectivity index (χ1v) is 6.74. The maximum atomic E-state index is 11.7. The summed E-state index contributed by atoms with van der Waals surface area (Å²) in [5.41, 5.74) is 0.304. The van der Waals surface area contributed by atoms with Crippen LogP contribution in [0.4, 0.5) is 5.69 Å². The number of thioether (sulfide) groups is 1. The van der Waals surface area contributed by atoms with E-state index in [0.29, 0.717) is 24.5 Å².